The second-order valence-electron chi connectivity index (χ2n) is 8.89. The molecule has 0 N–H and O–H groups in total. The second kappa shape index (κ2) is 7.28. The molecule has 2 nitrogen and oxygen atoms in total. The highest BCUT2D eigenvalue weighted by molar-refractivity contribution is 7.00. The van der Waals surface area contributed by atoms with Crippen molar-refractivity contribution < 1.29 is 0 Å². The first-order valence-corrected chi connectivity index (χ1v) is 11.7. The lowest BCUT2D eigenvalue weighted by Gasteiger charge is -2.44. The minimum absolute atomic E-state index is 0.222. The lowest BCUT2D eigenvalue weighted by atomic mass is 9.33. The van der Waals surface area contributed by atoms with E-state index in [1.165, 1.54) is 50.5 Å². The smallest absolute Gasteiger partial charge is 0.252 e. The molecule has 0 amide bonds. The van der Waals surface area contributed by atoms with Gasteiger partial charge >= 0.3 is 0 Å². The minimum atomic E-state index is 0.222. The molecule has 0 saturated heterocycles. The topological polar surface area (TPSA) is 6.48 Å². The first kappa shape index (κ1) is 18.6. The third kappa shape index (κ3) is 2.69. The van der Waals surface area contributed by atoms with Gasteiger partial charge in [-0.25, -0.2) is 0 Å². The number of anilines is 5. The van der Waals surface area contributed by atoms with E-state index in [4.69, 9.17) is 0 Å². The fourth-order valence-corrected chi connectivity index (χ4v) is 5.78. The maximum atomic E-state index is 2.51. The van der Waals surface area contributed by atoms with Crippen molar-refractivity contribution in [3.05, 3.63) is 121 Å². The summed E-state index contributed by atoms with van der Waals surface area (Å²) in [6.45, 7) is 0.222. The van der Waals surface area contributed by atoms with Crippen molar-refractivity contribution in [2.24, 2.45) is 0 Å². The van der Waals surface area contributed by atoms with Gasteiger partial charge in [0.15, 0.2) is 0 Å². The van der Waals surface area contributed by atoms with Crippen molar-refractivity contribution in [3.8, 4) is 0 Å². The molecule has 1 aliphatic carbocycles. The molecule has 0 aromatic heterocycles. The molecule has 7 rings (SSSR count). The van der Waals surface area contributed by atoms with E-state index in [9.17, 15) is 0 Å². The highest BCUT2D eigenvalue weighted by Gasteiger charge is 2.42. The number of hydrogen-bond acceptors (Lipinski definition) is 2. The van der Waals surface area contributed by atoms with Gasteiger partial charge in [-0.15, -0.1) is 0 Å². The summed E-state index contributed by atoms with van der Waals surface area (Å²) in [5, 5.41) is 0. The van der Waals surface area contributed by atoms with Gasteiger partial charge in [0.25, 0.3) is 6.71 Å². The van der Waals surface area contributed by atoms with Gasteiger partial charge in [-0.1, -0.05) is 72.8 Å². The van der Waals surface area contributed by atoms with Gasteiger partial charge in [-0.05, 0) is 71.7 Å². The first-order chi connectivity index (χ1) is 16.4. The van der Waals surface area contributed by atoms with Crippen LogP contribution in [0, 0.1) is 0 Å². The number of allylic oxidation sites excluding steroid dienone is 4. The van der Waals surface area contributed by atoms with Gasteiger partial charge in [-0.3, -0.25) is 0 Å². The minimum Gasteiger partial charge on any atom is -0.315 e. The maximum absolute atomic E-state index is 2.51. The van der Waals surface area contributed by atoms with Crippen LogP contribution < -0.4 is 26.2 Å². The summed E-state index contributed by atoms with van der Waals surface area (Å²) >= 11 is 0. The standard InChI is InChI=1S/C30H23BN2/c1-3-12-22(13-4-1)32-26-18-9-7-16-24(26)31-25-17-8-10-19-27(25)33(23-14-5-2-6-15-23)29-21-11-20-28(32)30(29)31/h1-5,7-14,16-21H,6,15H2. The fourth-order valence-electron chi connectivity index (χ4n) is 5.78. The van der Waals surface area contributed by atoms with Crippen molar-refractivity contribution in [1.29, 1.82) is 0 Å². The Labute approximate surface area is 195 Å². The second-order valence-corrected chi connectivity index (χ2v) is 8.89. The summed E-state index contributed by atoms with van der Waals surface area (Å²) in [6, 6.07) is 35.4. The van der Waals surface area contributed by atoms with Crippen LogP contribution >= 0.6 is 0 Å². The molecule has 4 aromatic rings. The normalized spacial score (nSPS) is 15.5. The van der Waals surface area contributed by atoms with Gasteiger partial charge < -0.3 is 9.80 Å². The SMILES string of the molecule is C1=CCCC(N2c3ccccc3B3c4ccccc4N(c4ccccc4)c4cccc2c43)=C1. The Morgan fingerprint density at radius 1 is 0.576 bits per heavy atom. The quantitative estimate of drug-likeness (QED) is 0.338. The zero-order valence-electron chi connectivity index (χ0n) is 18.4. The molecule has 3 aliphatic rings. The van der Waals surface area contributed by atoms with Gasteiger partial charge in [-0.2, -0.15) is 0 Å². The number of para-hydroxylation sites is 3. The number of hydrogen-bond donors (Lipinski definition) is 0. The molecule has 33 heavy (non-hydrogen) atoms. The zero-order valence-corrected chi connectivity index (χ0v) is 18.4. The highest BCUT2D eigenvalue weighted by atomic mass is 15.2. The average Bonchev–Trinajstić information content (AvgIpc) is 2.89. The molecule has 4 aromatic carbocycles. The predicted octanol–water partition coefficient (Wildman–Crippen LogP) is 5.67. The zero-order chi connectivity index (χ0) is 21.8. The summed E-state index contributed by atoms with van der Waals surface area (Å²) < 4.78 is 0. The molecule has 3 heteroatoms. The third-order valence-electron chi connectivity index (χ3n) is 7.10. The molecular weight excluding hydrogens is 399 g/mol. The molecule has 0 bridgehead atoms. The van der Waals surface area contributed by atoms with E-state index >= 15 is 0 Å². The molecule has 0 spiro atoms. The van der Waals surface area contributed by atoms with Crippen LogP contribution in [0.25, 0.3) is 0 Å². The van der Waals surface area contributed by atoms with E-state index in [1.807, 2.05) is 0 Å². The molecule has 0 saturated carbocycles. The summed E-state index contributed by atoms with van der Waals surface area (Å²) in [5.41, 5.74) is 11.8. The maximum Gasteiger partial charge on any atom is 0.252 e. The lowest BCUT2D eigenvalue weighted by Crippen LogP contribution is -2.61. The Bertz CT molecular complexity index is 1440. The number of benzene rings is 4. The Kier molecular flexibility index (Phi) is 4.10. The Morgan fingerprint density at radius 2 is 1.18 bits per heavy atom. The van der Waals surface area contributed by atoms with Crippen LogP contribution in [0.2, 0.25) is 0 Å². The molecule has 0 radical (unpaired) electrons. The predicted molar refractivity (Wildman–Crippen MR) is 141 cm³/mol. The Morgan fingerprint density at radius 3 is 1.88 bits per heavy atom. The monoisotopic (exact) mass is 422 g/mol. The fraction of sp³-hybridized carbons (Fsp3) is 0.0667. The van der Waals surface area contributed by atoms with E-state index in [1.54, 1.807) is 0 Å². The van der Waals surface area contributed by atoms with Crippen LogP contribution in [0.15, 0.2) is 121 Å². The van der Waals surface area contributed by atoms with Gasteiger partial charge in [0.05, 0.1) is 0 Å². The van der Waals surface area contributed by atoms with E-state index in [2.05, 4.69) is 125 Å². The van der Waals surface area contributed by atoms with Crippen LogP contribution in [0.5, 0.6) is 0 Å². The molecule has 0 unspecified atom stereocenters. The molecule has 2 aliphatic heterocycles. The molecule has 0 atom stereocenters. The van der Waals surface area contributed by atoms with Gasteiger partial charge in [0.1, 0.15) is 0 Å². The molecule has 156 valence electrons. The van der Waals surface area contributed by atoms with Crippen LogP contribution in [-0.2, 0) is 0 Å². The van der Waals surface area contributed by atoms with Crippen LogP contribution in [0.1, 0.15) is 12.8 Å². The first-order valence-electron chi connectivity index (χ1n) is 11.7. The van der Waals surface area contributed by atoms with E-state index < -0.39 is 0 Å². The molecular formula is C30H23BN2. The van der Waals surface area contributed by atoms with Gasteiger partial charge in [0, 0.05) is 34.1 Å². The van der Waals surface area contributed by atoms with E-state index in [0.29, 0.717) is 0 Å². The van der Waals surface area contributed by atoms with Crippen molar-refractivity contribution in [1.82, 2.24) is 0 Å². The summed E-state index contributed by atoms with van der Waals surface area (Å²) in [4.78, 5) is 4.94. The largest absolute Gasteiger partial charge is 0.315 e. The van der Waals surface area contributed by atoms with Crippen LogP contribution in [0.3, 0.4) is 0 Å². The number of rotatable bonds is 2. The highest BCUT2D eigenvalue weighted by Crippen LogP contribution is 2.42. The van der Waals surface area contributed by atoms with Crippen molar-refractivity contribution in [3.63, 3.8) is 0 Å². The van der Waals surface area contributed by atoms with Crippen molar-refractivity contribution in [2.75, 3.05) is 9.80 Å². The van der Waals surface area contributed by atoms with E-state index in [0.717, 1.165) is 12.8 Å². The van der Waals surface area contributed by atoms with Crippen LogP contribution in [-0.4, -0.2) is 6.71 Å². The van der Waals surface area contributed by atoms with Gasteiger partial charge in [0.2, 0.25) is 0 Å². The Balaban J connectivity index is 1.56. The average molecular weight is 422 g/mol. The number of fused-ring (bicyclic) bond motifs is 4. The summed E-state index contributed by atoms with van der Waals surface area (Å²) in [5.74, 6) is 0. The molecule has 0 fully saturated rings. The van der Waals surface area contributed by atoms with Crippen molar-refractivity contribution in [2.45, 2.75) is 12.8 Å². The van der Waals surface area contributed by atoms with Crippen molar-refractivity contribution >= 4 is 51.5 Å². The molecule has 2 heterocycles. The number of nitrogens with zero attached hydrogens (tertiary/aromatic N) is 2. The van der Waals surface area contributed by atoms with E-state index in [-0.39, 0.29) is 6.71 Å². The third-order valence-corrected chi connectivity index (χ3v) is 7.10. The summed E-state index contributed by atoms with van der Waals surface area (Å²) in [6.07, 6.45) is 8.89. The summed E-state index contributed by atoms with van der Waals surface area (Å²) in [7, 11) is 0. The van der Waals surface area contributed by atoms with Crippen LogP contribution in [0.4, 0.5) is 28.4 Å². The Hall–Kier alpha value is -3.98. The lowest BCUT2D eigenvalue weighted by molar-refractivity contribution is 0.919.